The smallest absolute Gasteiger partial charge is 0.258 e. The first-order chi connectivity index (χ1) is 9.29. The zero-order valence-corrected chi connectivity index (χ0v) is 9.82. The van der Waals surface area contributed by atoms with Gasteiger partial charge in [-0.3, -0.25) is 10.1 Å². The summed E-state index contributed by atoms with van der Waals surface area (Å²) in [6.45, 7) is 0. The zero-order valence-electron chi connectivity index (χ0n) is 9.82. The summed E-state index contributed by atoms with van der Waals surface area (Å²) in [5, 5.41) is 10.9. The van der Waals surface area contributed by atoms with Crippen LogP contribution in [0.4, 0.5) is 23.2 Å². The third-order valence-corrected chi connectivity index (χ3v) is 2.68. The summed E-state index contributed by atoms with van der Waals surface area (Å²) < 4.78 is 50.4. The first-order valence-corrected chi connectivity index (χ1v) is 5.40. The van der Waals surface area contributed by atoms with Gasteiger partial charge in [-0.25, -0.2) is 4.39 Å². The molecule has 0 aliphatic carbocycles. The molecule has 0 unspecified atom stereocenters. The van der Waals surface area contributed by atoms with Crippen molar-refractivity contribution in [2.75, 3.05) is 0 Å². The molecule has 0 aliphatic rings. The van der Waals surface area contributed by atoms with E-state index in [1.54, 1.807) is 0 Å². The fourth-order valence-corrected chi connectivity index (χ4v) is 1.73. The highest BCUT2D eigenvalue weighted by Gasteiger charge is 2.33. The lowest BCUT2D eigenvalue weighted by molar-refractivity contribution is -0.384. The molecule has 0 atom stereocenters. The fraction of sp³-hybridized carbons (Fsp3) is 0.0769. The van der Waals surface area contributed by atoms with Gasteiger partial charge in [-0.1, -0.05) is 12.1 Å². The number of halogens is 4. The van der Waals surface area contributed by atoms with Crippen LogP contribution in [0, 0.1) is 15.9 Å². The maximum Gasteiger partial charge on any atom is 0.416 e. The molecule has 0 aliphatic heterocycles. The topological polar surface area (TPSA) is 43.1 Å². The number of rotatable bonds is 2. The van der Waals surface area contributed by atoms with E-state index in [4.69, 9.17) is 0 Å². The Morgan fingerprint density at radius 1 is 1.00 bits per heavy atom. The summed E-state index contributed by atoms with van der Waals surface area (Å²) in [6.07, 6.45) is -4.66. The van der Waals surface area contributed by atoms with Gasteiger partial charge in [0.2, 0.25) is 0 Å². The second-order valence-electron chi connectivity index (χ2n) is 3.99. The Bertz CT molecular complexity index is 650. The van der Waals surface area contributed by atoms with E-state index in [1.807, 2.05) is 0 Å². The maximum absolute atomic E-state index is 12.8. The van der Waals surface area contributed by atoms with Crippen LogP contribution in [-0.2, 0) is 6.18 Å². The van der Waals surface area contributed by atoms with Crippen molar-refractivity contribution in [3.8, 4) is 11.1 Å². The molecule has 0 spiro atoms. The van der Waals surface area contributed by atoms with E-state index >= 15 is 0 Å². The number of hydrogen-bond acceptors (Lipinski definition) is 2. The van der Waals surface area contributed by atoms with Gasteiger partial charge in [0.15, 0.2) is 0 Å². The second kappa shape index (κ2) is 4.92. The monoisotopic (exact) mass is 285 g/mol. The first kappa shape index (κ1) is 14.0. The molecule has 0 saturated heterocycles. The molecule has 0 heterocycles. The van der Waals surface area contributed by atoms with Crippen molar-refractivity contribution in [3.63, 3.8) is 0 Å². The standard InChI is InChI=1S/C13H7F4NO2/c14-10-4-1-8(2-5-10)11-6-3-9(13(15,16)17)7-12(11)18(19)20/h1-7H. The summed E-state index contributed by atoms with van der Waals surface area (Å²) in [4.78, 5) is 10.0. The fourth-order valence-electron chi connectivity index (χ4n) is 1.73. The van der Waals surface area contributed by atoms with E-state index in [-0.39, 0.29) is 11.1 Å². The minimum atomic E-state index is -4.66. The minimum absolute atomic E-state index is 0.00278. The van der Waals surface area contributed by atoms with Crippen LogP contribution in [0.5, 0.6) is 0 Å². The molecule has 7 heteroatoms. The number of benzene rings is 2. The predicted molar refractivity (Wildman–Crippen MR) is 63.5 cm³/mol. The molecule has 0 N–H and O–H groups in total. The Morgan fingerprint density at radius 2 is 1.60 bits per heavy atom. The van der Waals surface area contributed by atoms with Crippen molar-refractivity contribution in [2.24, 2.45) is 0 Å². The van der Waals surface area contributed by atoms with Crippen LogP contribution < -0.4 is 0 Å². The lowest BCUT2D eigenvalue weighted by Crippen LogP contribution is -2.06. The SMILES string of the molecule is O=[N+]([O-])c1cc(C(F)(F)F)ccc1-c1ccc(F)cc1. The quantitative estimate of drug-likeness (QED) is 0.465. The van der Waals surface area contributed by atoms with Gasteiger partial charge in [-0.05, 0) is 29.8 Å². The molecule has 104 valence electrons. The number of nitro benzene ring substituents is 1. The Labute approximate surface area is 110 Å². The summed E-state index contributed by atoms with van der Waals surface area (Å²) in [5.41, 5.74) is -1.50. The lowest BCUT2D eigenvalue weighted by atomic mass is 10.0. The Morgan fingerprint density at radius 3 is 2.10 bits per heavy atom. The van der Waals surface area contributed by atoms with E-state index in [1.165, 1.54) is 12.1 Å². The van der Waals surface area contributed by atoms with Crippen LogP contribution in [0.3, 0.4) is 0 Å². The van der Waals surface area contributed by atoms with Crippen LogP contribution >= 0.6 is 0 Å². The van der Waals surface area contributed by atoms with Gasteiger partial charge in [-0.15, -0.1) is 0 Å². The average Bonchev–Trinajstić information content (AvgIpc) is 2.38. The molecule has 0 amide bonds. The molecule has 20 heavy (non-hydrogen) atoms. The zero-order chi connectivity index (χ0) is 14.9. The Kier molecular flexibility index (Phi) is 3.44. The molecule has 2 aromatic rings. The number of nitro groups is 1. The highest BCUT2D eigenvalue weighted by atomic mass is 19.4. The Balaban J connectivity index is 2.59. The van der Waals surface area contributed by atoms with Crippen molar-refractivity contribution >= 4 is 5.69 Å². The molecular formula is C13H7F4NO2. The van der Waals surface area contributed by atoms with Crippen molar-refractivity contribution < 1.29 is 22.5 Å². The van der Waals surface area contributed by atoms with Crippen LogP contribution in [0.1, 0.15) is 5.56 Å². The van der Waals surface area contributed by atoms with E-state index < -0.39 is 28.2 Å². The van der Waals surface area contributed by atoms with Gasteiger partial charge in [0.25, 0.3) is 5.69 Å². The van der Waals surface area contributed by atoms with Gasteiger partial charge in [0, 0.05) is 6.07 Å². The largest absolute Gasteiger partial charge is 0.416 e. The molecule has 3 nitrogen and oxygen atoms in total. The van der Waals surface area contributed by atoms with Crippen LogP contribution in [-0.4, -0.2) is 4.92 Å². The molecule has 0 aromatic heterocycles. The highest BCUT2D eigenvalue weighted by molar-refractivity contribution is 5.74. The molecule has 0 radical (unpaired) electrons. The Hall–Kier alpha value is -2.44. The molecule has 0 bridgehead atoms. The van der Waals surface area contributed by atoms with Gasteiger partial charge in [-0.2, -0.15) is 13.2 Å². The molecule has 0 saturated carbocycles. The summed E-state index contributed by atoms with van der Waals surface area (Å²) in [7, 11) is 0. The van der Waals surface area contributed by atoms with Crippen molar-refractivity contribution in [2.45, 2.75) is 6.18 Å². The number of alkyl halides is 3. The van der Waals surface area contributed by atoms with E-state index in [9.17, 15) is 27.7 Å². The molecule has 2 aromatic carbocycles. The molecule has 0 fully saturated rings. The van der Waals surface area contributed by atoms with Crippen molar-refractivity contribution in [1.29, 1.82) is 0 Å². The van der Waals surface area contributed by atoms with Crippen LogP contribution in [0.2, 0.25) is 0 Å². The predicted octanol–water partition coefficient (Wildman–Crippen LogP) is 4.42. The highest BCUT2D eigenvalue weighted by Crippen LogP contribution is 2.36. The molecule has 2 rings (SSSR count). The lowest BCUT2D eigenvalue weighted by Gasteiger charge is -2.09. The van der Waals surface area contributed by atoms with E-state index in [0.717, 1.165) is 24.3 Å². The maximum atomic E-state index is 12.8. The van der Waals surface area contributed by atoms with Crippen LogP contribution in [0.25, 0.3) is 11.1 Å². The van der Waals surface area contributed by atoms with Gasteiger partial charge in [0.05, 0.1) is 16.1 Å². The summed E-state index contributed by atoms with van der Waals surface area (Å²) in [6, 6.07) is 6.93. The van der Waals surface area contributed by atoms with Crippen molar-refractivity contribution in [3.05, 3.63) is 64.0 Å². The third kappa shape index (κ3) is 2.76. The third-order valence-electron chi connectivity index (χ3n) is 2.68. The average molecular weight is 285 g/mol. The van der Waals surface area contributed by atoms with E-state index in [2.05, 4.69) is 0 Å². The van der Waals surface area contributed by atoms with E-state index in [0.29, 0.717) is 6.07 Å². The van der Waals surface area contributed by atoms with Crippen molar-refractivity contribution in [1.82, 2.24) is 0 Å². The van der Waals surface area contributed by atoms with Gasteiger partial charge >= 0.3 is 6.18 Å². The first-order valence-electron chi connectivity index (χ1n) is 5.40. The number of hydrogen-bond donors (Lipinski definition) is 0. The van der Waals surface area contributed by atoms with Crippen LogP contribution in [0.15, 0.2) is 42.5 Å². The summed E-state index contributed by atoms with van der Waals surface area (Å²) >= 11 is 0. The minimum Gasteiger partial charge on any atom is -0.258 e. The molecular weight excluding hydrogens is 278 g/mol. The van der Waals surface area contributed by atoms with Gasteiger partial charge < -0.3 is 0 Å². The normalized spacial score (nSPS) is 11.4. The summed E-state index contributed by atoms with van der Waals surface area (Å²) in [5.74, 6) is -0.539. The number of nitrogens with zero attached hydrogens (tertiary/aromatic N) is 1. The second-order valence-corrected chi connectivity index (χ2v) is 3.99. The van der Waals surface area contributed by atoms with Gasteiger partial charge in [0.1, 0.15) is 5.82 Å².